The molecule has 6 nitrogen and oxygen atoms in total. The summed E-state index contributed by atoms with van der Waals surface area (Å²) in [6, 6.07) is 7.71. The van der Waals surface area contributed by atoms with Crippen molar-refractivity contribution in [1.29, 1.82) is 0 Å². The molecule has 4 rings (SSSR count). The number of morpholine rings is 1. The van der Waals surface area contributed by atoms with Gasteiger partial charge in [-0.05, 0) is 37.1 Å². The number of furan rings is 1. The second-order valence-corrected chi connectivity index (χ2v) is 6.52. The summed E-state index contributed by atoms with van der Waals surface area (Å²) in [6.45, 7) is 3.46. The Hall–Kier alpha value is -2.18. The molecule has 126 valence electrons. The van der Waals surface area contributed by atoms with Gasteiger partial charge >= 0.3 is 0 Å². The molecule has 0 N–H and O–H groups in total. The van der Waals surface area contributed by atoms with Gasteiger partial charge in [0.1, 0.15) is 12.4 Å². The fourth-order valence-electron chi connectivity index (χ4n) is 3.51. The lowest BCUT2D eigenvalue weighted by Gasteiger charge is -2.46. The van der Waals surface area contributed by atoms with Crippen LogP contribution in [0.15, 0.2) is 47.3 Å². The van der Waals surface area contributed by atoms with Crippen LogP contribution in [0.2, 0.25) is 0 Å². The molecule has 2 saturated heterocycles. The molecule has 24 heavy (non-hydrogen) atoms. The minimum absolute atomic E-state index is 0.00615. The summed E-state index contributed by atoms with van der Waals surface area (Å²) in [5.74, 6) is 0.995. The van der Waals surface area contributed by atoms with E-state index in [9.17, 15) is 4.79 Å². The summed E-state index contributed by atoms with van der Waals surface area (Å²) in [5, 5.41) is 0. The third-order valence-corrected chi connectivity index (χ3v) is 4.93. The van der Waals surface area contributed by atoms with Crippen molar-refractivity contribution in [1.82, 2.24) is 9.88 Å². The van der Waals surface area contributed by atoms with Crippen molar-refractivity contribution in [2.24, 2.45) is 0 Å². The average Bonchev–Trinajstić information content (AvgIpc) is 3.13. The van der Waals surface area contributed by atoms with Crippen LogP contribution < -0.4 is 4.90 Å². The van der Waals surface area contributed by atoms with Crippen LogP contribution in [0.25, 0.3) is 0 Å². The molecule has 2 aromatic heterocycles. The van der Waals surface area contributed by atoms with Crippen LogP contribution in [0.4, 0.5) is 5.69 Å². The first kappa shape index (κ1) is 15.4. The third-order valence-electron chi connectivity index (χ3n) is 4.93. The molecular formula is C18H21N3O3. The number of hydrogen-bond donors (Lipinski definition) is 0. The molecule has 0 radical (unpaired) electrons. The zero-order valence-corrected chi connectivity index (χ0v) is 13.6. The van der Waals surface area contributed by atoms with Crippen molar-refractivity contribution in [2.75, 3.05) is 31.1 Å². The van der Waals surface area contributed by atoms with E-state index < -0.39 is 0 Å². The highest BCUT2D eigenvalue weighted by atomic mass is 16.5. The number of rotatable bonds is 3. The van der Waals surface area contributed by atoms with E-state index in [1.807, 2.05) is 29.2 Å². The lowest BCUT2D eigenvalue weighted by atomic mass is 9.89. The fraction of sp³-hybridized carbons (Fsp3) is 0.444. The lowest BCUT2D eigenvalue weighted by Crippen LogP contribution is -2.58. The summed E-state index contributed by atoms with van der Waals surface area (Å²) in [6.07, 6.45) is 7.00. The van der Waals surface area contributed by atoms with Crippen molar-refractivity contribution >= 4 is 11.6 Å². The Labute approximate surface area is 141 Å². The number of pyridine rings is 1. The van der Waals surface area contributed by atoms with E-state index in [-0.39, 0.29) is 18.1 Å². The molecule has 2 aromatic rings. The Morgan fingerprint density at radius 1 is 1.21 bits per heavy atom. The standard InChI is InChI=1S/C18H21N3O3/c22-17-13-24-18(14-21(17)15-3-1-7-19-11-15)5-8-20(9-6-18)12-16-4-2-10-23-16/h1-4,7,10-11H,5-6,8-9,12-14H2. The first-order valence-electron chi connectivity index (χ1n) is 8.33. The van der Waals surface area contributed by atoms with E-state index in [0.29, 0.717) is 6.54 Å². The van der Waals surface area contributed by atoms with Crippen LogP contribution in [-0.4, -0.2) is 47.6 Å². The van der Waals surface area contributed by atoms with Gasteiger partial charge in [0.2, 0.25) is 0 Å². The van der Waals surface area contributed by atoms with E-state index in [2.05, 4.69) is 9.88 Å². The number of piperidine rings is 1. The van der Waals surface area contributed by atoms with Crippen LogP contribution in [0.1, 0.15) is 18.6 Å². The first-order chi connectivity index (χ1) is 11.7. The molecule has 0 aliphatic carbocycles. The van der Waals surface area contributed by atoms with Gasteiger partial charge in [-0.25, -0.2) is 0 Å². The molecule has 1 amide bonds. The summed E-state index contributed by atoms with van der Waals surface area (Å²) in [7, 11) is 0. The van der Waals surface area contributed by atoms with Gasteiger partial charge in [0.25, 0.3) is 5.91 Å². The van der Waals surface area contributed by atoms with Crippen molar-refractivity contribution in [2.45, 2.75) is 25.0 Å². The van der Waals surface area contributed by atoms with Crippen LogP contribution in [0.5, 0.6) is 0 Å². The van der Waals surface area contributed by atoms with Gasteiger partial charge in [0.05, 0.1) is 36.8 Å². The number of carbonyl (C=O) groups excluding carboxylic acids is 1. The average molecular weight is 327 g/mol. The molecule has 0 unspecified atom stereocenters. The van der Waals surface area contributed by atoms with Gasteiger partial charge < -0.3 is 14.1 Å². The summed E-state index contributed by atoms with van der Waals surface area (Å²) in [5.41, 5.74) is 0.604. The number of amides is 1. The maximum Gasteiger partial charge on any atom is 0.253 e. The monoisotopic (exact) mass is 327 g/mol. The molecule has 2 aliphatic heterocycles. The first-order valence-corrected chi connectivity index (χ1v) is 8.33. The summed E-state index contributed by atoms with van der Waals surface area (Å²) < 4.78 is 11.4. The van der Waals surface area contributed by atoms with Gasteiger partial charge in [-0.15, -0.1) is 0 Å². The molecule has 0 bridgehead atoms. The highest BCUT2D eigenvalue weighted by molar-refractivity contribution is 5.95. The quantitative estimate of drug-likeness (QED) is 0.864. The molecular weight excluding hydrogens is 306 g/mol. The normalized spacial score (nSPS) is 21.3. The van der Waals surface area contributed by atoms with Gasteiger partial charge in [-0.1, -0.05) is 0 Å². The molecule has 0 aromatic carbocycles. The van der Waals surface area contributed by atoms with Crippen LogP contribution in [-0.2, 0) is 16.1 Å². The third kappa shape index (κ3) is 3.07. The highest BCUT2D eigenvalue weighted by Gasteiger charge is 2.42. The predicted molar refractivity (Wildman–Crippen MR) is 88.5 cm³/mol. The van der Waals surface area contributed by atoms with E-state index in [0.717, 1.165) is 43.9 Å². The predicted octanol–water partition coefficient (Wildman–Crippen LogP) is 2.07. The summed E-state index contributed by atoms with van der Waals surface area (Å²) in [4.78, 5) is 20.6. The number of anilines is 1. The van der Waals surface area contributed by atoms with E-state index in [4.69, 9.17) is 9.15 Å². The molecule has 0 atom stereocenters. The van der Waals surface area contributed by atoms with Gasteiger partial charge in [-0.3, -0.25) is 14.7 Å². The number of aromatic nitrogens is 1. The topological polar surface area (TPSA) is 58.8 Å². The van der Waals surface area contributed by atoms with Crippen molar-refractivity contribution < 1.29 is 13.9 Å². The Bertz CT molecular complexity index is 679. The second-order valence-electron chi connectivity index (χ2n) is 6.52. The Morgan fingerprint density at radius 3 is 2.79 bits per heavy atom. The zero-order chi connectivity index (χ0) is 16.4. The highest BCUT2D eigenvalue weighted by Crippen LogP contribution is 2.33. The summed E-state index contributed by atoms with van der Waals surface area (Å²) >= 11 is 0. The van der Waals surface area contributed by atoms with Gasteiger partial charge in [0, 0.05) is 19.3 Å². The van der Waals surface area contributed by atoms with E-state index >= 15 is 0 Å². The number of hydrogen-bond acceptors (Lipinski definition) is 5. The van der Waals surface area contributed by atoms with E-state index in [1.54, 1.807) is 18.7 Å². The Morgan fingerprint density at radius 2 is 2.08 bits per heavy atom. The van der Waals surface area contributed by atoms with Crippen LogP contribution in [0, 0.1) is 0 Å². The fourth-order valence-corrected chi connectivity index (χ4v) is 3.51. The second kappa shape index (κ2) is 6.37. The Balaban J connectivity index is 1.42. The van der Waals surface area contributed by atoms with Crippen molar-refractivity contribution in [3.63, 3.8) is 0 Å². The molecule has 6 heteroatoms. The van der Waals surface area contributed by atoms with Crippen molar-refractivity contribution in [3.05, 3.63) is 48.7 Å². The van der Waals surface area contributed by atoms with Gasteiger partial charge in [-0.2, -0.15) is 0 Å². The van der Waals surface area contributed by atoms with Crippen molar-refractivity contribution in [3.8, 4) is 0 Å². The number of nitrogens with zero attached hydrogens (tertiary/aromatic N) is 3. The number of carbonyl (C=O) groups is 1. The maximum atomic E-state index is 12.2. The zero-order valence-electron chi connectivity index (χ0n) is 13.6. The molecule has 0 saturated carbocycles. The minimum atomic E-state index is -0.247. The van der Waals surface area contributed by atoms with Crippen LogP contribution >= 0.6 is 0 Å². The lowest BCUT2D eigenvalue weighted by molar-refractivity contribution is -0.145. The minimum Gasteiger partial charge on any atom is -0.468 e. The smallest absolute Gasteiger partial charge is 0.253 e. The van der Waals surface area contributed by atoms with E-state index in [1.165, 1.54) is 0 Å². The number of likely N-dealkylation sites (tertiary alicyclic amines) is 1. The SMILES string of the molecule is O=C1COC2(CCN(Cc3ccco3)CC2)CN1c1cccnc1. The molecule has 2 fully saturated rings. The molecule has 1 spiro atoms. The molecule has 4 heterocycles. The Kier molecular flexibility index (Phi) is 4.08. The number of ether oxygens (including phenoxy) is 1. The van der Waals surface area contributed by atoms with Crippen LogP contribution in [0.3, 0.4) is 0 Å². The van der Waals surface area contributed by atoms with Gasteiger partial charge in [0.15, 0.2) is 0 Å². The molecule has 2 aliphatic rings. The maximum absolute atomic E-state index is 12.2. The largest absolute Gasteiger partial charge is 0.468 e.